The summed E-state index contributed by atoms with van der Waals surface area (Å²) < 4.78 is 1.90. The molecule has 1 heterocycles. The molecule has 5 nitrogen and oxygen atoms in total. The van der Waals surface area contributed by atoms with E-state index in [1.165, 1.54) is 0 Å². The van der Waals surface area contributed by atoms with Gasteiger partial charge in [0.15, 0.2) is 0 Å². The van der Waals surface area contributed by atoms with Crippen LogP contribution >= 0.6 is 0 Å². The van der Waals surface area contributed by atoms with Crippen molar-refractivity contribution in [3.8, 4) is 0 Å². The van der Waals surface area contributed by atoms with E-state index in [4.69, 9.17) is 0 Å². The Kier molecular flexibility index (Phi) is 6.20. The van der Waals surface area contributed by atoms with E-state index in [1.54, 1.807) is 6.20 Å². The molecule has 0 saturated heterocycles. The van der Waals surface area contributed by atoms with Gasteiger partial charge in [-0.15, -0.1) is 0 Å². The molecule has 0 saturated carbocycles. The Morgan fingerprint density at radius 2 is 2.00 bits per heavy atom. The molecule has 1 rings (SSSR count). The summed E-state index contributed by atoms with van der Waals surface area (Å²) in [4.78, 5) is 16.3. The second kappa shape index (κ2) is 7.43. The van der Waals surface area contributed by atoms with Crippen LogP contribution in [0.4, 0.5) is 0 Å². The highest BCUT2D eigenvalue weighted by Crippen LogP contribution is 2.04. The second-order valence-corrected chi connectivity index (χ2v) is 6.16. The van der Waals surface area contributed by atoms with Gasteiger partial charge in [-0.25, -0.2) is 4.98 Å². The molecule has 0 aromatic carbocycles. The number of rotatable bonds is 7. The molecular weight excluding hydrogens is 252 g/mol. The van der Waals surface area contributed by atoms with Crippen molar-refractivity contribution in [1.82, 2.24) is 20.2 Å². The number of amides is 1. The zero-order chi connectivity index (χ0) is 15.2. The number of carbonyl (C=O) groups excluding carboxylic acids is 1. The molecule has 20 heavy (non-hydrogen) atoms. The molecule has 1 aromatic heterocycles. The highest BCUT2D eigenvalue weighted by Gasteiger charge is 2.13. The molecule has 1 aromatic rings. The van der Waals surface area contributed by atoms with Crippen LogP contribution in [0.2, 0.25) is 0 Å². The fourth-order valence-electron chi connectivity index (χ4n) is 1.92. The molecule has 0 fully saturated rings. The topological polar surface area (TPSA) is 59.0 Å². The summed E-state index contributed by atoms with van der Waals surface area (Å²) in [6.07, 6.45) is 5.52. The Labute approximate surface area is 122 Å². The van der Waals surface area contributed by atoms with E-state index < -0.39 is 0 Å². The molecule has 0 unspecified atom stereocenters. The van der Waals surface area contributed by atoms with Crippen molar-refractivity contribution in [3.63, 3.8) is 0 Å². The number of nitrogens with one attached hydrogen (secondary N) is 2. The summed E-state index contributed by atoms with van der Waals surface area (Å²) in [6.45, 7) is 11.5. The standard InChI is InChI=1S/C15H28N4O/c1-6-12(7-2)18-14(20)11-19-9-8-16-13(19)10-17-15(3,4)5/h8-9,12,17H,6-7,10-11H2,1-5H3,(H,18,20). The second-order valence-electron chi connectivity index (χ2n) is 6.16. The van der Waals surface area contributed by atoms with Crippen molar-refractivity contribution in [2.24, 2.45) is 0 Å². The minimum absolute atomic E-state index is 0.0363. The van der Waals surface area contributed by atoms with Crippen molar-refractivity contribution in [3.05, 3.63) is 18.2 Å². The number of imidazole rings is 1. The maximum Gasteiger partial charge on any atom is 0.240 e. The van der Waals surface area contributed by atoms with E-state index in [0.717, 1.165) is 18.7 Å². The number of hydrogen-bond donors (Lipinski definition) is 2. The summed E-state index contributed by atoms with van der Waals surface area (Å²) in [5.41, 5.74) is 0.0363. The molecule has 5 heteroatoms. The van der Waals surface area contributed by atoms with Crippen LogP contribution in [-0.4, -0.2) is 27.0 Å². The van der Waals surface area contributed by atoms with Crippen LogP contribution in [0.15, 0.2) is 12.4 Å². The van der Waals surface area contributed by atoms with Crippen molar-refractivity contribution in [2.45, 2.75) is 72.1 Å². The van der Waals surface area contributed by atoms with Gasteiger partial charge in [0.2, 0.25) is 5.91 Å². The molecule has 0 atom stereocenters. The van der Waals surface area contributed by atoms with Crippen LogP contribution in [0.3, 0.4) is 0 Å². The fraction of sp³-hybridized carbons (Fsp3) is 0.733. The first kappa shape index (κ1) is 16.7. The lowest BCUT2D eigenvalue weighted by atomic mass is 10.1. The van der Waals surface area contributed by atoms with Gasteiger partial charge in [0, 0.05) is 24.0 Å². The number of aromatic nitrogens is 2. The first-order chi connectivity index (χ1) is 9.35. The van der Waals surface area contributed by atoms with Gasteiger partial charge in [-0.2, -0.15) is 0 Å². The Bertz CT molecular complexity index is 416. The molecule has 0 aliphatic heterocycles. The van der Waals surface area contributed by atoms with Crippen LogP contribution in [0, 0.1) is 0 Å². The van der Waals surface area contributed by atoms with Gasteiger partial charge in [-0.1, -0.05) is 13.8 Å². The monoisotopic (exact) mass is 280 g/mol. The van der Waals surface area contributed by atoms with E-state index >= 15 is 0 Å². The molecule has 114 valence electrons. The number of carbonyl (C=O) groups is 1. The third-order valence-electron chi connectivity index (χ3n) is 3.24. The van der Waals surface area contributed by atoms with Crippen molar-refractivity contribution < 1.29 is 4.79 Å². The Morgan fingerprint density at radius 3 is 2.55 bits per heavy atom. The smallest absolute Gasteiger partial charge is 0.240 e. The average Bonchev–Trinajstić information content (AvgIpc) is 2.80. The highest BCUT2D eigenvalue weighted by atomic mass is 16.2. The molecule has 0 aliphatic rings. The normalized spacial score (nSPS) is 11.9. The van der Waals surface area contributed by atoms with Gasteiger partial charge in [0.05, 0.1) is 6.54 Å². The molecule has 2 N–H and O–H groups in total. The quantitative estimate of drug-likeness (QED) is 0.804. The predicted molar refractivity (Wildman–Crippen MR) is 81.3 cm³/mol. The Balaban J connectivity index is 2.56. The summed E-state index contributed by atoms with van der Waals surface area (Å²) in [7, 11) is 0. The molecular formula is C15H28N4O. The van der Waals surface area contributed by atoms with E-state index in [-0.39, 0.29) is 17.5 Å². The lowest BCUT2D eigenvalue weighted by Gasteiger charge is -2.21. The SMILES string of the molecule is CCC(CC)NC(=O)Cn1ccnc1CNC(C)(C)C. The van der Waals surface area contributed by atoms with Gasteiger partial charge >= 0.3 is 0 Å². The van der Waals surface area contributed by atoms with Gasteiger partial charge < -0.3 is 15.2 Å². The molecule has 0 spiro atoms. The van der Waals surface area contributed by atoms with Crippen LogP contribution < -0.4 is 10.6 Å². The molecule has 1 amide bonds. The first-order valence-corrected chi connectivity index (χ1v) is 7.40. The van der Waals surface area contributed by atoms with Gasteiger partial charge in [0.1, 0.15) is 12.4 Å². The maximum atomic E-state index is 12.0. The molecule has 0 radical (unpaired) electrons. The van der Waals surface area contributed by atoms with Gasteiger partial charge in [0.25, 0.3) is 0 Å². The van der Waals surface area contributed by atoms with Crippen molar-refractivity contribution in [2.75, 3.05) is 0 Å². The molecule has 0 bridgehead atoms. The van der Waals surface area contributed by atoms with Crippen LogP contribution in [0.25, 0.3) is 0 Å². The summed E-state index contributed by atoms with van der Waals surface area (Å²) in [6, 6.07) is 0.266. The van der Waals surface area contributed by atoms with E-state index in [1.807, 2.05) is 10.8 Å². The van der Waals surface area contributed by atoms with Crippen LogP contribution in [-0.2, 0) is 17.9 Å². The minimum atomic E-state index is 0.0363. The largest absolute Gasteiger partial charge is 0.352 e. The summed E-state index contributed by atoms with van der Waals surface area (Å²) in [5.74, 6) is 0.938. The zero-order valence-electron chi connectivity index (χ0n) is 13.4. The van der Waals surface area contributed by atoms with Gasteiger partial charge in [-0.05, 0) is 33.6 Å². The predicted octanol–water partition coefficient (Wildman–Crippen LogP) is 2.08. The highest BCUT2D eigenvalue weighted by molar-refractivity contribution is 5.76. The third-order valence-corrected chi connectivity index (χ3v) is 3.24. The van der Waals surface area contributed by atoms with E-state index in [0.29, 0.717) is 13.1 Å². The van der Waals surface area contributed by atoms with Crippen molar-refractivity contribution in [1.29, 1.82) is 0 Å². The minimum Gasteiger partial charge on any atom is -0.352 e. The number of hydrogen-bond acceptors (Lipinski definition) is 3. The van der Waals surface area contributed by atoms with Crippen molar-refractivity contribution >= 4 is 5.91 Å². The zero-order valence-corrected chi connectivity index (χ0v) is 13.4. The average molecular weight is 280 g/mol. The Hall–Kier alpha value is -1.36. The summed E-state index contributed by atoms with van der Waals surface area (Å²) >= 11 is 0. The third kappa shape index (κ3) is 5.74. The Morgan fingerprint density at radius 1 is 1.35 bits per heavy atom. The van der Waals surface area contributed by atoms with E-state index in [9.17, 15) is 4.79 Å². The lowest BCUT2D eigenvalue weighted by molar-refractivity contribution is -0.122. The first-order valence-electron chi connectivity index (χ1n) is 7.40. The van der Waals surface area contributed by atoms with E-state index in [2.05, 4.69) is 50.2 Å². The van der Waals surface area contributed by atoms with Crippen LogP contribution in [0.1, 0.15) is 53.3 Å². The lowest BCUT2D eigenvalue weighted by Crippen LogP contribution is -2.38. The number of nitrogens with zero attached hydrogens (tertiary/aromatic N) is 2. The van der Waals surface area contributed by atoms with Gasteiger partial charge in [-0.3, -0.25) is 4.79 Å². The van der Waals surface area contributed by atoms with Crippen LogP contribution in [0.5, 0.6) is 0 Å². The fourth-order valence-corrected chi connectivity index (χ4v) is 1.92. The molecule has 0 aliphatic carbocycles. The summed E-state index contributed by atoms with van der Waals surface area (Å²) in [5, 5.41) is 6.43. The maximum absolute atomic E-state index is 12.0.